The minimum absolute atomic E-state index is 0.117. The second-order valence-electron chi connectivity index (χ2n) is 2.64. The van der Waals surface area contributed by atoms with Crippen molar-refractivity contribution < 1.29 is 13.9 Å². The maximum absolute atomic E-state index is 13.4. The topological polar surface area (TPSA) is 52.3 Å². The quantitative estimate of drug-likeness (QED) is 0.826. The van der Waals surface area contributed by atoms with Gasteiger partial charge in [0, 0.05) is 5.56 Å². The van der Waals surface area contributed by atoms with Crippen molar-refractivity contribution in [3.63, 3.8) is 0 Å². The van der Waals surface area contributed by atoms with Crippen molar-refractivity contribution in [1.82, 2.24) is 0 Å². The maximum atomic E-state index is 13.4. The number of rotatable bonds is 2. The fourth-order valence-electron chi connectivity index (χ4n) is 1.01. The highest BCUT2D eigenvalue weighted by atomic mass is 79.9. The SMILES string of the molecule is COC(=O)C(N)c1cccc(Br)c1F. The summed E-state index contributed by atoms with van der Waals surface area (Å²) < 4.78 is 18.1. The van der Waals surface area contributed by atoms with Crippen LogP contribution in [0.4, 0.5) is 4.39 Å². The predicted molar refractivity (Wildman–Crippen MR) is 53.0 cm³/mol. The number of ether oxygens (including phenoxy) is 1. The Morgan fingerprint density at radius 2 is 2.29 bits per heavy atom. The van der Waals surface area contributed by atoms with Gasteiger partial charge in [0.15, 0.2) is 0 Å². The number of esters is 1. The highest BCUT2D eigenvalue weighted by Crippen LogP contribution is 2.23. The van der Waals surface area contributed by atoms with E-state index in [2.05, 4.69) is 20.7 Å². The molecule has 14 heavy (non-hydrogen) atoms. The molecule has 0 aliphatic heterocycles. The molecule has 0 aliphatic carbocycles. The molecule has 2 N–H and O–H groups in total. The van der Waals surface area contributed by atoms with Crippen LogP contribution in [0.15, 0.2) is 22.7 Å². The van der Waals surface area contributed by atoms with Crippen LogP contribution in [0.5, 0.6) is 0 Å². The molecular formula is C9H9BrFNO2. The summed E-state index contributed by atoms with van der Waals surface area (Å²) in [5.74, 6) is -1.20. The van der Waals surface area contributed by atoms with Gasteiger partial charge in [0.1, 0.15) is 11.9 Å². The number of methoxy groups -OCH3 is 1. The van der Waals surface area contributed by atoms with E-state index >= 15 is 0 Å². The molecule has 0 aliphatic rings. The molecule has 0 aromatic heterocycles. The van der Waals surface area contributed by atoms with Crippen LogP contribution in [0.2, 0.25) is 0 Å². The largest absolute Gasteiger partial charge is 0.468 e. The van der Waals surface area contributed by atoms with E-state index in [9.17, 15) is 9.18 Å². The lowest BCUT2D eigenvalue weighted by Gasteiger charge is -2.10. The van der Waals surface area contributed by atoms with Gasteiger partial charge in [-0.3, -0.25) is 4.79 Å². The molecule has 0 radical (unpaired) electrons. The fraction of sp³-hybridized carbons (Fsp3) is 0.222. The molecule has 76 valence electrons. The Bertz CT molecular complexity index is 357. The van der Waals surface area contributed by atoms with Gasteiger partial charge in [-0.2, -0.15) is 0 Å². The lowest BCUT2D eigenvalue weighted by Crippen LogP contribution is -2.23. The van der Waals surface area contributed by atoms with Gasteiger partial charge in [-0.1, -0.05) is 12.1 Å². The van der Waals surface area contributed by atoms with Gasteiger partial charge in [0.25, 0.3) is 0 Å². The Hall–Kier alpha value is -0.940. The van der Waals surface area contributed by atoms with Gasteiger partial charge in [-0.25, -0.2) is 4.39 Å². The van der Waals surface area contributed by atoms with Crippen molar-refractivity contribution in [3.8, 4) is 0 Å². The Kier molecular flexibility index (Phi) is 3.60. The van der Waals surface area contributed by atoms with Crippen LogP contribution in [-0.4, -0.2) is 13.1 Å². The second-order valence-corrected chi connectivity index (χ2v) is 3.50. The van der Waals surface area contributed by atoms with Crippen molar-refractivity contribution in [1.29, 1.82) is 0 Å². The smallest absolute Gasteiger partial charge is 0.327 e. The molecule has 0 heterocycles. The monoisotopic (exact) mass is 261 g/mol. The number of carbonyl (C=O) groups is 1. The van der Waals surface area contributed by atoms with Crippen LogP contribution < -0.4 is 5.73 Å². The lowest BCUT2D eigenvalue weighted by atomic mass is 10.1. The average Bonchev–Trinajstić information content (AvgIpc) is 2.20. The van der Waals surface area contributed by atoms with Gasteiger partial charge < -0.3 is 10.5 Å². The van der Waals surface area contributed by atoms with Crippen molar-refractivity contribution in [2.45, 2.75) is 6.04 Å². The van der Waals surface area contributed by atoms with Crippen molar-refractivity contribution in [2.75, 3.05) is 7.11 Å². The highest BCUT2D eigenvalue weighted by Gasteiger charge is 2.20. The van der Waals surface area contributed by atoms with Gasteiger partial charge in [0.2, 0.25) is 0 Å². The van der Waals surface area contributed by atoms with Gasteiger partial charge in [-0.05, 0) is 22.0 Å². The molecule has 1 atom stereocenters. The first kappa shape index (κ1) is 11.1. The summed E-state index contributed by atoms with van der Waals surface area (Å²) in [5.41, 5.74) is 5.60. The van der Waals surface area contributed by atoms with Crippen LogP contribution in [-0.2, 0) is 9.53 Å². The van der Waals surface area contributed by atoms with Crippen molar-refractivity contribution >= 4 is 21.9 Å². The zero-order valence-electron chi connectivity index (χ0n) is 7.46. The maximum Gasteiger partial charge on any atom is 0.327 e. The minimum atomic E-state index is -1.09. The molecule has 0 saturated heterocycles. The molecular weight excluding hydrogens is 253 g/mol. The zero-order valence-corrected chi connectivity index (χ0v) is 9.05. The predicted octanol–water partition coefficient (Wildman–Crippen LogP) is 1.76. The van der Waals surface area contributed by atoms with E-state index in [4.69, 9.17) is 5.73 Å². The summed E-state index contributed by atoms with van der Waals surface area (Å²) in [5, 5.41) is 0. The summed E-state index contributed by atoms with van der Waals surface area (Å²) in [7, 11) is 1.21. The number of halogens is 2. The number of carbonyl (C=O) groups excluding carboxylic acids is 1. The molecule has 0 amide bonds. The van der Waals surface area contributed by atoms with Crippen LogP contribution in [0.3, 0.4) is 0 Å². The number of benzene rings is 1. The minimum Gasteiger partial charge on any atom is -0.468 e. The molecule has 0 bridgehead atoms. The first-order chi connectivity index (χ1) is 6.57. The molecule has 1 aromatic rings. The van der Waals surface area contributed by atoms with E-state index in [-0.39, 0.29) is 10.0 Å². The third kappa shape index (κ3) is 2.10. The number of nitrogens with two attached hydrogens (primary N) is 1. The average molecular weight is 262 g/mol. The third-order valence-corrected chi connectivity index (χ3v) is 2.38. The van der Waals surface area contributed by atoms with Gasteiger partial charge in [-0.15, -0.1) is 0 Å². The van der Waals surface area contributed by atoms with E-state index in [1.165, 1.54) is 19.2 Å². The fourth-order valence-corrected chi connectivity index (χ4v) is 1.40. The Balaban J connectivity index is 3.07. The second kappa shape index (κ2) is 4.52. The lowest BCUT2D eigenvalue weighted by molar-refractivity contribution is -0.142. The summed E-state index contributed by atoms with van der Waals surface area (Å²) in [6.07, 6.45) is 0. The molecule has 0 spiro atoms. The van der Waals surface area contributed by atoms with Crippen molar-refractivity contribution in [2.24, 2.45) is 5.73 Å². The standard InChI is InChI=1S/C9H9BrFNO2/c1-14-9(13)8(12)5-3-2-4-6(10)7(5)11/h2-4,8H,12H2,1H3. The van der Waals surface area contributed by atoms with E-state index < -0.39 is 17.8 Å². The van der Waals surface area contributed by atoms with Crippen molar-refractivity contribution in [3.05, 3.63) is 34.1 Å². The van der Waals surface area contributed by atoms with E-state index in [0.717, 1.165) is 0 Å². The molecule has 1 aromatic carbocycles. The molecule has 5 heteroatoms. The van der Waals surface area contributed by atoms with Crippen LogP contribution in [0, 0.1) is 5.82 Å². The van der Waals surface area contributed by atoms with E-state index in [1.54, 1.807) is 6.07 Å². The first-order valence-corrected chi connectivity index (χ1v) is 4.64. The summed E-state index contributed by atoms with van der Waals surface area (Å²) in [6.45, 7) is 0. The molecule has 1 rings (SSSR count). The summed E-state index contributed by atoms with van der Waals surface area (Å²) in [4.78, 5) is 11.0. The van der Waals surface area contributed by atoms with Gasteiger partial charge >= 0.3 is 5.97 Å². The third-order valence-electron chi connectivity index (χ3n) is 1.77. The Morgan fingerprint density at radius 3 is 2.86 bits per heavy atom. The number of hydrogen-bond acceptors (Lipinski definition) is 3. The normalized spacial score (nSPS) is 12.3. The Morgan fingerprint density at radius 1 is 1.64 bits per heavy atom. The van der Waals surface area contributed by atoms with Crippen LogP contribution >= 0.6 is 15.9 Å². The highest BCUT2D eigenvalue weighted by molar-refractivity contribution is 9.10. The molecule has 1 unspecified atom stereocenters. The summed E-state index contributed by atoms with van der Waals surface area (Å²) in [6, 6.07) is 3.49. The van der Waals surface area contributed by atoms with E-state index in [0.29, 0.717) is 0 Å². The number of hydrogen-bond donors (Lipinski definition) is 1. The van der Waals surface area contributed by atoms with Crippen LogP contribution in [0.25, 0.3) is 0 Å². The first-order valence-electron chi connectivity index (χ1n) is 3.85. The Labute approximate surface area is 89.2 Å². The molecule has 0 fully saturated rings. The zero-order chi connectivity index (χ0) is 10.7. The van der Waals surface area contributed by atoms with Crippen LogP contribution in [0.1, 0.15) is 11.6 Å². The van der Waals surface area contributed by atoms with E-state index in [1.807, 2.05) is 0 Å². The summed E-state index contributed by atoms with van der Waals surface area (Å²) >= 11 is 3.00. The molecule has 3 nitrogen and oxygen atoms in total. The molecule has 0 saturated carbocycles. The van der Waals surface area contributed by atoms with Gasteiger partial charge in [0.05, 0.1) is 11.6 Å².